The Morgan fingerprint density at radius 2 is 1.67 bits per heavy atom. The van der Waals surface area contributed by atoms with Crippen LogP contribution in [0.5, 0.6) is 5.75 Å². The average Bonchev–Trinajstić information content (AvgIpc) is 2.92. The van der Waals surface area contributed by atoms with Crippen LogP contribution in [0, 0.1) is 0 Å². The average molecular weight is 289 g/mol. The molecule has 0 fully saturated rings. The number of methoxy groups -OCH3 is 1. The summed E-state index contributed by atoms with van der Waals surface area (Å²) in [5, 5.41) is 0. The quantitative estimate of drug-likeness (QED) is 0.608. The molecule has 15 heavy (non-hydrogen) atoms. The van der Waals surface area contributed by atoms with Crippen LogP contribution in [0.4, 0.5) is 0 Å². The molecule has 0 N–H and O–H groups in total. The topological polar surface area (TPSA) is 9.23 Å². The van der Waals surface area contributed by atoms with Gasteiger partial charge in [0.05, 0.1) is 0 Å². The van der Waals surface area contributed by atoms with E-state index < -0.39 is 0 Å². The molecule has 88 valence electrons. The van der Waals surface area contributed by atoms with Gasteiger partial charge in [0.15, 0.2) is 0 Å². The van der Waals surface area contributed by atoms with E-state index >= 15 is 0 Å². The fourth-order valence-electron chi connectivity index (χ4n) is 1.14. The summed E-state index contributed by atoms with van der Waals surface area (Å²) in [6.07, 6.45) is 1.16. The smallest absolute Gasteiger partial charge is 0.0312 e. The van der Waals surface area contributed by atoms with E-state index in [0.29, 0.717) is 0 Å². The second-order valence-electron chi connectivity index (χ2n) is 2.97. The molecule has 2 rings (SSSR count). The molecule has 0 heterocycles. The molecule has 0 aliphatic carbocycles. The number of rotatable bonds is 2. The van der Waals surface area contributed by atoms with Crippen LogP contribution in [0.15, 0.2) is 48.5 Å². The van der Waals surface area contributed by atoms with Gasteiger partial charge in [-0.2, -0.15) is 17.7 Å². The van der Waals surface area contributed by atoms with E-state index in [4.69, 9.17) is 4.74 Å². The van der Waals surface area contributed by atoms with Crippen molar-refractivity contribution >= 4 is 0 Å². The van der Waals surface area contributed by atoms with Crippen molar-refractivity contribution < 1.29 is 24.2 Å². The molecule has 0 amide bonds. The van der Waals surface area contributed by atoms with Crippen LogP contribution in [0.25, 0.3) is 0 Å². The molecule has 0 bridgehead atoms. The van der Waals surface area contributed by atoms with Crippen molar-refractivity contribution in [2.75, 3.05) is 7.11 Å². The van der Waals surface area contributed by atoms with Gasteiger partial charge in [0.25, 0.3) is 0 Å². The van der Waals surface area contributed by atoms with Crippen molar-refractivity contribution in [1.29, 1.82) is 0 Å². The molecule has 0 atom stereocenters. The number of hydrogen-bond donors (Lipinski definition) is 0. The molecule has 0 aliphatic rings. The first-order valence-electron chi connectivity index (χ1n) is 4.83. The van der Waals surface area contributed by atoms with Crippen molar-refractivity contribution in [1.82, 2.24) is 0 Å². The van der Waals surface area contributed by atoms with E-state index in [1.807, 2.05) is 24.3 Å². The molecule has 0 unspecified atom stereocenters. The maximum absolute atomic E-state index is 4.85. The predicted octanol–water partition coefficient (Wildman–Crippen LogP) is 3.38. The SMILES string of the molecule is CC[c-]1cccc1.CO[c-]1[cH-][cH-][cH-][cH-]1.[Ru]. The predicted molar refractivity (Wildman–Crippen MR) is 60.0 cm³/mol. The second-order valence-corrected chi connectivity index (χ2v) is 2.97. The Morgan fingerprint density at radius 1 is 1.13 bits per heavy atom. The van der Waals surface area contributed by atoms with Gasteiger partial charge in [-0.25, -0.2) is 12.1 Å². The third-order valence-electron chi connectivity index (χ3n) is 2.01. The van der Waals surface area contributed by atoms with Crippen LogP contribution in [-0.4, -0.2) is 7.11 Å². The monoisotopic (exact) mass is 290 g/mol. The van der Waals surface area contributed by atoms with Gasteiger partial charge in [0.2, 0.25) is 0 Å². The molecule has 2 heteroatoms. The molecular formula is C13H16ORu-6. The summed E-state index contributed by atoms with van der Waals surface area (Å²) < 4.78 is 4.85. The molecule has 0 aromatic heterocycles. The van der Waals surface area contributed by atoms with Crippen LogP contribution >= 0.6 is 0 Å². The van der Waals surface area contributed by atoms with Gasteiger partial charge in [-0.15, -0.1) is 0 Å². The standard InChI is InChI=1S/C7H9.C6H7O.Ru/c1-2-7-5-3-4-6-7;1-7-6-4-2-3-5-6;/h3-6H,2H2,1H3;2-5H,1H3;/q-1;-5;. The Kier molecular flexibility index (Phi) is 7.94. The molecule has 2 aromatic carbocycles. The summed E-state index contributed by atoms with van der Waals surface area (Å²) in [5.41, 5.74) is 1.43. The normalized spacial score (nSPS) is 8.40. The first-order valence-corrected chi connectivity index (χ1v) is 4.83. The van der Waals surface area contributed by atoms with Crippen LogP contribution in [0.3, 0.4) is 0 Å². The summed E-state index contributed by atoms with van der Waals surface area (Å²) in [6, 6.07) is 16.1. The minimum absolute atomic E-state index is 0. The molecule has 0 spiro atoms. The van der Waals surface area contributed by atoms with Gasteiger partial charge >= 0.3 is 0 Å². The van der Waals surface area contributed by atoms with Gasteiger partial charge in [0, 0.05) is 26.6 Å². The van der Waals surface area contributed by atoms with Crippen LogP contribution in [0.2, 0.25) is 0 Å². The zero-order valence-corrected chi connectivity index (χ0v) is 10.8. The fraction of sp³-hybridized carbons (Fsp3) is 0.231. The first kappa shape index (κ1) is 14.1. The molecule has 2 aromatic rings. The molecule has 1 nitrogen and oxygen atoms in total. The minimum atomic E-state index is 0. The van der Waals surface area contributed by atoms with E-state index in [9.17, 15) is 0 Å². The van der Waals surface area contributed by atoms with Crippen LogP contribution in [-0.2, 0) is 25.9 Å². The molecule has 0 aliphatic heterocycles. The molecular weight excluding hydrogens is 273 g/mol. The zero-order valence-electron chi connectivity index (χ0n) is 9.09. The maximum Gasteiger partial charge on any atom is 0.0312 e. The van der Waals surface area contributed by atoms with Crippen LogP contribution < -0.4 is 4.74 Å². The summed E-state index contributed by atoms with van der Waals surface area (Å²) in [7, 11) is 1.66. The Morgan fingerprint density at radius 3 is 1.93 bits per heavy atom. The second kappa shape index (κ2) is 8.43. The van der Waals surface area contributed by atoms with E-state index in [1.54, 1.807) is 7.11 Å². The first-order chi connectivity index (χ1) is 6.86. The third kappa shape index (κ3) is 5.54. The zero-order chi connectivity index (χ0) is 10.2. The Labute approximate surface area is 105 Å². The largest absolute Gasteiger partial charge is 0.745 e. The molecule has 0 radical (unpaired) electrons. The van der Waals surface area contributed by atoms with E-state index in [0.717, 1.165) is 12.2 Å². The number of aryl methyl sites for hydroxylation is 1. The number of ether oxygens (including phenoxy) is 1. The van der Waals surface area contributed by atoms with Gasteiger partial charge in [-0.3, -0.25) is 0 Å². The van der Waals surface area contributed by atoms with Gasteiger partial charge in [0.1, 0.15) is 0 Å². The van der Waals surface area contributed by atoms with Crippen molar-refractivity contribution in [3.8, 4) is 5.75 Å². The Bertz CT molecular complexity index is 274. The Balaban J connectivity index is 0.000000245. The van der Waals surface area contributed by atoms with E-state index in [1.165, 1.54) is 5.56 Å². The summed E-state index contributed by atoms with van der Waals surface area (Å²) in [6.45, 7) is 2.16. The van der Waals surface area contributed by atoms with E-state index in [-0.39, 0.29) is 19.5 Å². The minimum Gasteiger partial charge on any atom is -0.745 e. The van der Waals surface area contributed by atoms with Gasteiger partial charge in [-0.05, 0) is 0 Å². The van der Waals surface area contributed by atoms with Crippen molar-refractivity contribution in [2.24, 2.45) is 0 Å². The summed E-state index contributed by atoms with van der Waals surface area (Å²) >= 11 is 0. The third-order valence-corrected chi connectivity index (χ3v) is 2.01. The van der Waals surface area contributed by atoms with Gasteiger partial charge in [-0.1, -0.05) is 13.3 Å². The van der Waals surface area contributed by atoms with Gasteiger partial charge < -0.3 is 34.8 Å². The molecule has 0 saturated carbocycles. The van der Waals surface area contributed by atoms with Crippen molar-refractivity contribution in [2.45, 2.75) is 13.3 Å². The van der Waals surface area contributed by atoms with Crippen molar-refractivity contribution in [3.05, 3.63) is 54.1 Å². The Hall–Kier alpha value is -0.877. The summed E-state index contributed by atoms with van der Waals surface area (Å²) in [5.74, 6) is 0.931. The summed E-state index contributed by atoms with van der Waals surface area (Å²) in [4.78, 5) is 0. The maximum atomic E-state index is 4.85. The van der Waals surface area contributed by atoms with Crippen LogP contribution in [0.1, 0.15) is 12.5 Å². The van der Waals surface area contributed by atoms with E-state index in [2.05, 4.69) is 31.2 Å². The molecule has 0 saturated heterocycles. The fourth-order valence-corrected chi connectivity index (χ4v) is 1.14. The number of hydrogen-bond acceptors (Lipinski definition) is 1. The van der Waals surface area contributed by atoms with Crippen molar-refractivity contribution in [3.63, 3.8) is 0 Å².